The Bertz CT molecular complexity index is 872. The molecule has 1 aliphatic rings. The van der Waals surface area contributed by atoms with Gasteiger partial charge >= 0.3 is 6.18 Å². The van der Waals surface area contributed by atoms with Crippen LogP contribution in [-0.4, -0.2) is 26.0 Å². The van der Waals surface area contributed by atoms with Gasteiger partial charge in [-0.2, -0.15) is 13.2 Å². The minimum Gasteiger partial charge on any atom is -0.399 e. The Morgan fingerprint density at radius 2 is 1.90 bits per heavy atom. The van der Waals surface area contributed by atoms with E-state index in [1.807, 2.05) is 30.3 Å². The first kappa shape index (κ1) is 22.3. The quantitative estimate of drug-likeness (QED) is 0.639. The fraction of sp³-hybridized carbons (Fsp3) is 0.435. The van der Waals surface area contributed by atoms with E-state index in [0.717, 1.165) is 30.2 Å². The maximum Gasteiger partial charge on any atom is 0.416 e. The van der Waals surface area contributed by atoms with Gasteiger partial charge in [-0.05, 0) is 49.9 Å². The Kier molecular flexibility index (Phi) is 6.83. The molecule has 0 bridgehead atoms. The third-order valence-corrected chi connectivity index (χ3v) is 5.49. The number of hydrogen-bond acceptors (Lipinski definition) is 4. The molecule has 0 saturated carbocycles. The monoisotopic (exact) mass is 420 g/mol. The third-order valence-electron chi connectivity index (χ3n) is 5.49. The van der Waals surface area contributed by atoms with E-state index in [1.165, 1.54) is 13.2 Å². The number of piperidine rings is 1. The third kappa shape index (κ3) is 5.21. The number of rotatable bonds is 6. The molecule has 0 amide bonds. The number of benzene rings is 2. The molecule has 2 aromatic carbocycles. The predicted molar refractivity (Wildman–Crippen MR) is 110 cm³/mol. The highest BCUT2D eigenvalue weighted by Gasteiger charge is 2.37. The smallest absolute Gasteiger partial charge is 0.399 e. The normalized spacial score (nSPS) is 22.1. The van der Waals surface area contributed by atoms with E-state index in [-0.39, 0.29) is 0 Å². The minimum absolute atomic E-state index is 0.327. The molecule has 1 saturated heterocycles. The number of nitrogens with one attached hydrogen (secondary N) is 1. The van der Waals surface area contributed by atoms with Gasteiger partial charge in [0.05, 0.1) is 29.5 Å². The van der Waals surface area contributed by atoms with Crippen LogP contribution in [0.15, 0.2) is 53.7 Å². The van der Waals surface area contributed by atoms with Gasteiger partial charge in [0.1, 0.15) is 7.11 Å². The summed E-state index contributed by atoms with van der Waals surface area (Å²) in [6.07, 6.45) is -3.38. The molecule has 162 valence electrons. The van der Waals surface area contributed by atoms with Crippen molar-refractivity contribution in [1.29, 1.82) is 0 Å². The van der Waals surface area contributed by atoms with Crippen LogP contribution >= 0.6 is 0 Å². The summed E-state index contributed by atoms with van der Waals surface area (Å²) < 4.78 is 45.7. The van der Waals surface area contributed by atoms with Crippen molar-refractivity contribution >= 4 is 5.71 Å². The van der Waals surface area contributed by atoms with Crippen molar-refractivity contribution in [2.75, 3.05) is 20.3 Å². The predicted octanol–water partition coefficient (Wildman–Crippen LogP) is 5.37. The zero-order valence-electron chi connectivity index (χ0n) is 17.4. The number of aryl methyl sites for hydroxylation is 1. The lowest BCUT2D eigenvalue weighted by Gasteiger charge is -2.39. The zero-order valence-corrected chi connectivity index (χ0v) is 17.4. The van der Waals surface area contributed by atoms with E-state index in [9.17, 15) is 13.2 Å². The van der Waals surface area contributed by atoms with Crippen LogP contribution in [0.4, 0.5) is 13.2 Å². The summed E-state index contributed by atoms with van der Waals surface area (Å²) in [6.45, 7) is 4.33. The summed E-state index contributed by atoms with van der Waals surface area (Å²) in [5.74, 6) is 0. The Hall–Kier alpha value is -2.38. The van der Waals surface area contributed by atoms with Crippen LogP contribution in [0.25, 0.3) is 0 Å². The van der Waals surface area contributed by atoms with Gasteiger partial charge < -0.3 is 9.57 Å². The van der Waals surface area contributed by atoms with Gasteiger partial charge in [0.2, 0.25) is 0 Å². The van der Waals surface area contributed by atoms with E-state index in [0.29, 0.717) is 24.3 Å². The van der Waals surface area contributed by atoms with Gasteiger partial charge in [0, 0.05) is 6.54 Å². The molecule has 1 heterocycles. The summed E-state index contributed by atoms with van der Waals surface area (Å²) >= 11 is 0. The molecule has 1 N–H and O–H groups in total. The Morgan fingerprint density at radius 1 is 1.17 bits per heavy atom. The molecule has 2 atom stereocenters. The molecule has 0 aliphatic carbocycles. The van der Waals surface area contributed by atoms with Crippen molar-refractivity contribution in [2.24, 2.45) is 5.16 Å². The molecule has 0 aromatic heterocycles. The number of nitrogens with zero attached hydrogens (tertiary/aromatic N) is 1. The first-order chi connectivity index (χ1) is 14.2. The van der Waals surface area contributed by atoms with E-state index in [4.69, 9.17) is 9.57 Å². The van der Waals surface area contributed by atoms with Crippen molar-refractivity contribution in [3.8, 4) is 0 Å². The topological polar surface area (TPSA) is 42.9 Å². The largest absolute Gasteiger partial charge is 0.416 e. The molecule has 1 aliphatic heterocycles. The van der Waals surface area contributed by atoms with Crippen molar-refractivity contribution in [2.45, 2.75) is 44.5 Å². The second-order valence-corrected chi connectivity index (χ2v) is 7.73. The molecule has 1 fully saturated rings. The lowest BCUT2D eigenvalue weighted by Crippen LogP contribution is -2.52. The molecular formula is C23H27F3N2O2. The number of alkyl halides is 3. The summed E-state index contributed by atoms with van der Waals surface area (Å²) in [5, 5.41) is 7.56. The van der Waals surface area contributed by atoms with Crippen LogP contribution in [0.2, 0.25) is 0 Å². The van der Waals surface area contributed by atoms with Gasteiger partial charge in [-0.15, -0.1) is 0 Å². The van der Waals surface area contributed by atoms with E-state index in [2.05, 4.69) is 10.5 Å². The fourth-order valence-corrected chi connectivity index (χ4v) is 3.80. The van der Waals surface area contributed by atoms with Crippen molar-refractivity contribution in [1.82, 2.24) is 5.32 Å². The highest BCUT2D eigenvalue weighted by molar-refractivity contribution is 5.87. The van der Waals surface area contributed by atoms with Crippen LogP contribution in [0.1, 0.15) is 48.1 Å². The first-order valence-corrected chi connectivity index (χ1v) is 9.93. The number of oxime groups is 1. The van der Waals surface area contributed by atoms with Gasteiger partial charge in [-0.1, -0.05) is 47.1 Å². The van der Waals surface area contributed by atoms with Crippen LogP contribution < -0.4 is 5.32 Å². The Balaban J connectivity index is 1.80. The molecule has 3 rings (SSSR count). The van der Waals surface area contributed by atoms with Crippen LogP contribution in [0.5, 0.6) is 0 Å². The Morgan fingerprint density at radius 3 is 2.50 bits per heavy atom. The molecule has 7 heteroatoms. The number of halogens is 3. The number of ether oxygens (including phenoxy) is 1. The lowest BCUT2D eigenvalue weighted by molar-refractivity contribution is -0.137. The molecule has 0 unspecified atom stereocenters. The van der Waals surface area contributed by atoms with Gasteiger partial charge in [-0.25, -0.2) is 0 Å². The van der Waals surface area contributed by atoms with Gasteiger partial charge in [0.15, 0.2) is 0 Å². The SMILES string of the molecule is CO/N=C1/CC[C@@](CO[C@H](C)c2cc(C)cc(C(F)(F)F)c2)(c2ccccc2)NC1. The fourth-order valence-electron chi connectivity index (χ4n) is 3.80. The lowest BCUT2D eigenvalue weighted by atomic mass is 9.82. The van der Waals surface area contributed by atoms with Gasteiger partial charge in [0.25, 0.3) is 0 Å². The van der Waals surface area contributed by atoms with Crippen LogP contribution in [0.3, 0.4) is 0 Å². The highest BCUT2D eigenvalue weighted by atomic mass is 19.4. The van der Waals surface area contributed by atoms with E-state index in [1.54, 1.807) is 19.9 Å². The standard InChI is InChI=1S/C23H27F3N2O2/c1-16-11-18(13-20(12-16)23(24,25)26)17(2)30-15-22(19-7-5-4-6-8-19)10-9-21(14-27-22)28-29-3/h4-8,11-13,17,27H,9-10,14-15H2,1-3H3/b28-21-/t17-,22-/m1/s1. The molecule has 0 radical (unpaired) electrons. The summed E-state index contributed by atoms with van der Waals surface area (Å²) in [7, 11) is 1.52. The molecule has 30 heavy (non-hydrogen) atoms. The van der Waals surface area contributed by atoms with Crippen molar-refractivity contribution < 1.29 is 22.7 Å². The van der Waals surface area contributed by atoms with Crippen molar-refractivity contribution in [3.05, 3.63) is 70.8 Å². The molecular weight excluding hydrogens is 393 g/mol. The highest BCUT2D eigenvalue weighted by Crippen LogP contribution is 2.35. The number of hydrogen-bond donors (Lipinski definition) is 1. The molecule has 4 nitrogen and oxygen atoms in total. The Labute approximate surface area is 175 Å². The zero-order chi connectivity index (χ0) is 21.8. The van der Waals surface area contributed by atoms with E-state index < -0.39 is 23.4 Å². The molecule has 0 spiro atoms. The van der Waals surface area contributed by atoms with E-state index >= 15 is 0 Å². The maximum atomic E-state index is 13.2. The summed E-state index contributed by atoms with van der Waals surface area (Å²) in [5.41, 5.74) is 1.98. The average Bonchev–Trinajstić information content (AvgIpc) is 2.73. The average molecular weight is 420 g/mol. The summed E-state index contributed by atoms with van der Waals surface area (Å²) in [6, 6.07) is 14.0. The minimum atomic E-state index is -4.38. The molecule has 2 aromatic rings. The second-order valence-electron chi connectivity index (χ2n) is 7.73. The summed E-state index contributed by atoms with van der Waals surface area (Å²) in [4.78, 5) is 4.89. The van der Waals surface area contributed by atoms with Crippen LogP contribution in [0, 0.1) is 6.92 Å². The maximum absolute atomic E-state index is 13.2. The van der Waals surface area contributed by atoms with Crippen molar-refractivity contribution in [3.63, 3.8) is 0 Å². The first-order valence-electron chi connectivity index (χ1n) is 9.93. The second kappa shape index (κ2) is 9.18. The van der Waals surface area contributed by atoms with Gasteiger partial charge in [-0.3, -0.25) is 5.32 Å². The van der Waals surface area contributed by atoms with Crippen LogP contribution in [-0.2, 0) is 21.3 Å².